The van der Waals surface area contributed by atoms with Crippen LogP contribution < -0.4 is 10.6 Å². The zero-order valence-corrected chi connectivity index (χ0v) is 9.91. The number of nitrogens with two attached hydrogens (primary N) is 1. The molecule has 0 unspecified atom stereocenters. The molecule has 0 radical (unpaired) electrons. The molecule has 2 rings (SSSR count). The summed E-state index contributed by atoms with van der Waals surface area (Å²) in [5.41, 5.74) is 8.45. The molecule has 4 heteroatoms. The second kappa shape index (κ2) is 4.25. The van der Waals surface area contributed by atoms with Gasteiger partial charge in [-0.05, 0) is 37.6 Å². The van der Waals surface area contributed by atoms with E-state index in [1.807, 2.05) is 36.9 Å². The second-order valence-electron chi connectivity index (χ2n) is 3.92. The summed E-state index contributed by atoms with van der Waals surface area (Å²) in [4.78, 5) is 13.5. The molecule has 2 N–H and O–H groups in total. The molecule has 15 heavy (non-hydrogen) atoms. The van der Waals surface area contributed by atoms with Gasteiger partial charge in [0.05, 0.1) is 6.42 Å². The van der Waals surface area contributed by atoms with Crippen LogP contribution in [0.25, 0.3) is 0 Å². The van der Waals surface area contributed by atoms with E-state index in [0.717, 1.165) is 16.9 Å². The average molecular weight is 246 g/mol. The molecule has 3 nitrogen and oxygen atoms in total. The summed E-state index contributed by atoms with van der Waals surface area (Å²) in [5.74, 6) is 0.167. The summed E-state index contributed by atoms with van der Waals surface area (Å²) < 4.78 is 0. The normalized spacial score (nSPS) is 14.1. The third kappa shape index (κ3) is 2.01. The number of carbonyl (C=O) groups excluding carboxylic acids is 1. The van der Waals surface area contributed by atoms with E-state index >= 15 is 0 Å². The quantitative estimate of drug-likeness (QED) is 0.603. The summed E-state index contributed by atoms with van der Waals surface area (Å²) in [6.07, 6.45) is 0.485. The number of fused-ring (bicyclic) bond motifs is 1. The molecule has 1 heterocycles. The van der Waals surface area contributed by atoms with Gasteiger partial charge in [-0.1, -0.05) is 0 Å². The van der Waals surface area contributed by atoms with Crippen LogP contribution >= 0.6 is 0 Å². The van der Waals surface area contributed by atoms with Crippen molar-refractivity contribution < 1.29 is 21.9 Å². The number of hydrogen-bond donors (Lipinski definition) is 1. The van der Waals surface area contributed by atoms with Crippen molar-refractivity contribution >= 4 is 17.3 Å². The Morgan fingerprint density at radius 2 is 2.07 bits per heavy atom. The predicted octanol–water partition coefficient (Wildman–Crippen LogP) is 1.56. The van der Waals surface area contributed by atoms with E-state index in [2.05, 4.69) is 0 Å². The third-order valence-electron chi connectivity index (χ3n) is 2.49. The smallest absolute Gasteiger partial charge is 0.399 e. The first kappa shape index (κ1) is 12.1. The van der Waals surface area contributed by atoms with Crippen molar-refractivity contribution in [1.29, 1.82) is 0 Å². The number of nitrogen functional groups attached to an aromatic ring is 1. The van der Waals surface area contributed by atoms with Crippen LogP contribution in [-0.2, 0) is 28.3 Å². The van der Waals surface area contributed by atoms with Crippen molar-refractivity contribution in [2.75, 3.05) is 10.6 Å². The number of hydrogen-bond acceptors (Lipinski definition) is 2. The van der Waals surface area contributed by atoms with Gasteiger partial charge >= 0.3 is 17.1 Å². The van der Waals surface area contributed by atoms with Gasteiger partial charge in [-0.15, -0.1) is 0 Å². The van der Waals surface area contributed by atoms with Crippen LogP contribution in [0, 0.1) is 0 Å². The van der Waals surface area contributed by atoms with Crippen LogP contribution in [0.5, 0.6) is 0 Å². The largest absolute Gasteiger partial charge is 2.00 e. The molecule has 0 fully saturated rings. The summed E-state index contributed by atoms with van der Waals surface area (Å²) in [6.45, 7) is 4.03. The molecule has 1 aliphatic heterocycles. The van der Waals surface area contributed by atoms with Crippen LogP contribution in [-0.4, -0.2) is 11.9 Å². The number of carbonyl (C=O) groups is 1. The average Bonchev–Trinajstić information content (AvgIpc) is 2.39. The van der Waals surface area contributed by atoms with Gasteiger partial charge in [0.2, 0.25) is 5.91 Å². The van der Waals surface area contributed by atoms with Gasteiger partial charge in [0.1, 0.15) is 0 Å². The van der Waals surface area contributed by atoms with Crippen molar-refractivity contribution in [3.05, 3.63) is 23.8 Å². The van der Waals surface area contributed by atoms with E-state index in [1.165, 1.54) is 0 Å². The van der Waals surface area contributed by atoms with Gasteiger partial charge in [-0.3, -0.25) is 4.79 Å². The van der Waals surface area contributed by atoms with Crippen LogP contribution in [0.3, 0.4) is 0 Å². The molecular weight excluding hydrogens is 232 g/mol. The molecule has 0 bridgehead atoms. The van der Waals surface area contributed by atoms with E-state index in [1.54, 1.807) is 0 Å². The molecule has 0 aromatic heterocycles. The molecule has 0 saturated carbocycles. The Labute approximate surface area is 100 Å². The topological polar surface area (TPSA) is 46.3 Å². The fraction of sp³-hybridized carbons (Fsp3) is 0.364. The molecule has 1 aromatic carbocycles. The first-order chi connectivity index (χ1) is 6.59. The Hall–Kier alpha value is -0.991. The molecule has 0 aliphatic carbocycles. The van der Waals surface area contributed by atoms with E-state index in [0.29, 0.717) is 6.42 Å². The van der Waals surface area contributed by atoms with Gasteiger partial charge in [0.25, 0.3) is 0 Å². The van der Waals surface area contributed by atoms with E-state index in [-0.39, 0.29) is 29.0 Å². The molecule has 1 amide bonds. The molecule has 1 aromatic rings. The molecule has 0 spiro atoms. The van der Waals surface area contributed by atoms with Gasteiger partial charge in [-0.25, -0.2) is 0 Å². The van der Waals surface area contributed by atoms with Crippen LogP contribution in [0.1, 0.15) is 19.4 Å². The maximum Gasteiger partial charge on any atom is 2.00 e. The number of nitrogens with zero attached hydrogens (tertiary/aromatic N) is 1. The molecule has 1 aliphatic rings. The first-order valence-corrected chi connectivity index (χ1v) is 4.80. The van der Waals surface area contributed by atoms with Crippen molar-refractivity contribution in [2.24, 2.45) is 0 Å². The minimum absolute atomic E-state index is 0. The fourth-order valence-electron chi connectivity index (χ4n) is 1.93. The summed E-state index contributed by atoms with van der Waals surface area (Å²) in [5, 5.41) is 0. The number of benzene rings is 1. The van der Waals surface area contributed by atoms with E-state index in [4.69, 9.17) is 5.73 Å². The van der Waals surface area contributed by atoms with Crippen molar-refractivity contribution in [1.82, 2.24) is 0 Å². The zero-order valence-electron chi connectivity index (χ0n) is 8.80. The summed E-state index contributed by atoms with van der Waals surface area (Å²) in [7, 11) is 0. The monoisotopic (exact) mass is 246 g/mol. The van der Waals surface area contributed by atoms with E-state index < -0.39 is 0 Å². The summed E-state index contributed by atoms with van der Waals surface area (Å²) in [6, 6.07) is 5.87. The Morgan fingerprint density at radius 3 is 2.67 bits per heavy atom. The zero-order chi connectivity index (χ0) is 10.3. The minimum Gasteiger partial charge on any atom is -0.399 e. The first-order valence-electron chi connectivity index (χ1n) is 4.80. The Balaban J connectivity index is 0.00000112. The molecular formula is C11H14FeN2O+2. The maximum absolute atomic E-state index is 11.7. The van der Waals surface area contributed by atoms with Crippen LogP contribution in [0.4, 0.5) is 11.4 Å². The summed E-state index contributed by atoms with van der Waals surface area (Å²) >= 11 is 0. The Bertz CT molecular complexity index is 390. The van der Waals surface area contributed by atoms with Gasteiger partial charge in [0, 0.05) is 17.4 Å². The second-order valence-corrected chi connectivity index (χ2v) is 3.92. The van der Waals surface area contributed by atoms with Gasteiger partial charge < -0.3 is 10.6 Å². The maximum atomic E-state index is 11.7. The van der Waals surface area contributed by atoms with Crippen molar-refractivity contribution in [3.63, 3.8) is 0 Å². The van der Waals surface area contributed by atoms with Gasteiger partial charge in [0.15, 0.2) is 0 Å². The Kier molecular flexibility index (Phi) is 3.42. The van der Waals surface area contributed by atoms with Crippen molar-refractivity contribution in [2.45, 2.75) is 26.3 Å². The van der Waals surface area contributed by atoms with Crippen molar-refractivity contribution in [3.8, 4) is 0 Å². The molecule has 0 saturated heterocycles. The number of rotatable bonds is 1. The van der Waals surface area contributed by atoms with Crippen LogP contribution in [0.2, 0.25) is 0 Å². The number of anilines is 2. The van der Waals surface area contributed by atoms with Gasteiger partial charge in [-0.2, -0.15) is 0 Å². The predicted molar refractivity (Wildman–Crippen MR) is 57.2 cm³/mol. The van der Waals surface area contributed by atoms with Crippen LogP contribution in [0.15, 0.2) is 18.2 Å². The SMILES string of the molecule is CC(C)N1C(=O)Cc2cc(N)ccc21.[Fe+2]. The Morgan fingerprint density at radius 1 is 1.40 bits per heavy atom. The molecule has 80 valence electrons. The fourth-order valence-corrected chi connectivity index (χ4v) is 1.93. The third-order valence-corrected chi connectivity index (χ3v) is 2.49. The van der Waals surface area contributed by atoms with E-state index in [9.17, 15) is 4.79 Å². The standard InChI is InChI=1S/C11H14N2O.Fe/c1-7(2)13-10-4-3-9(12)5-8(10)6-11(13)14;/h3-5,7H,6,12H2,1-2H3;/q;+2. The molecule has 0 atom stereocenters. The minimum atomic E-state index is 0. The number of amides is 1.